The lowest BCUT2D eigenvalue weighted by Crippen LogP contribution is -2.34. The lowest BCUT2D eigenvalue weighted by atomic mass is 10.1. The quantitative estimate of drug-likeness (QED) is 0.935. The Labute approximate surface area is 125 Å². The summed E-state index contributed by atoms with van der Waals surface area (Å²) in [5.41, 5.74) is 3.06. The van der Waals surface area contributed by atoms with Crippen LogP contribution < -0.4 is 5.32 Å². The van der Waals surface area contributed by atoms with Crippen molar-refractivity contribution in [2.24, 2.45) is 0 Å². The summed E-state index contributed by atoms with van der Waals surface area (Å²) in [6.07, 6.45) is 1.79. The Kier molecular flexibility index (Phi) is 4.25. The molecule has 0 saturated carbocycles. The Morgan fingerprint density at radius 3 is 2.60 bits per heavy atom. The highest BCUT2D eigenvalue weighted by Crippen LogP contribution is 2.20. The molecule has 0 aliphatic heterocycles. The van der Waals surface area contributed by atoms with Crippen molar-refractivity contribution in [1.29, 1.82) is 0 Å². The number of halogens is 1. The minimum Gasteiger partial charge on any atom is -0.467 e. The van der Waals surface area contributed by atoms with Gasteiger partial charge in [0.05, 0.1) is 29.2 Å². The van der Waals surface area contributed by atoms with Crippen molar-refractivity contribution in [3.63, 3.8) is 0 Å². The van der Waals surface area contributed by atoms with E-state index in [0.717, 1.165) is 34.3 Å². The van der Waals surface area contributed by atoms with Gasteiger partial charge in [-0.3, -0.25) is 4.68 Å². The molecule has 0 aliphatic rings. The average molecular weight is 296 g/mol. The SMILES string of the molecule is Cc1nn(Cc2cc(CNC(C)(C)C)co2)c(C)c1Cl. The predicted octanol–water partition coefficient (Wildman–Crippen LogP) is 3.68. The van der Waals surface area contributed by atoms with Crippen LogP contribution in [0.15, 0.2) is 16.7 Å². The summed E-state index contributed by atoms with van der Waals surface area (Å²) in [5, 5.41) is 8.57. The summed E-state index contributed by atoms with van der Waals surface area (Å²) < 4.78 is 7.47. The molecule has 0 bridgehead atoms. The van der Waals surface area contributed by atoms with Crippen LogP contribution in [0.25, 0.3) is 0 Å². The molecule has 0 aromatic carbocycles. The van der Waals surface area contributed by atoms with Crippen molar-refractivity contribution in [2.75, 3.05) is 0 Å². The van der Waals surface area contributed by atoms with Crippen LogP contribution in [0.2, 0.25) is 5.02 Å². The van der Waals surface area contributed by atoms with E-state index in [9.17, 15) is 0 Å². The van der Waals surface area contributed by atoms with Gasteiger partial charge in [-0.2, -0.15) is 5.10 Å². The number of nitrogens with zero attached hydrogens (tertiary/aromatic N) is 2. The fourth-order valence-corrected chi connectivity index (χ4v) is 2.08. The maximum Gasteiger partial charge on any atom is 0.125 e. The van der Waals surface area contributed by atoms with Crippen LogP contribution in [0, 0.1) is 13.8 Å². The smallest absolute Gasteiger partial charge is 0.125 e. The Morgan fingerprint density at radius 2 is 2.05 bits per heavy atom. The summed E-state index contributed by atoms with van der Waals surface area (Å²) in [6.45, 7) is 11.7. The molecule has 0 atom stereocenters. The zero-order valence-electron chi connectivity index (χ0n) is 12.7. The molecular weight excluding hydrogens is 274 g/mol. The molecule has 0 amide bonds. The standard InChI is InChI=1S/C15H22ClN3O/c1-10-14(16)11(2)19(18-10)8-13-6-12(9-20-13)7-17-15(3,4)5/h6,9,17H,7-8H2,1-5H3. The zero-order chi connectivity index (χ0) is 14.9. The highest BCUT2D eigenvalue weighted by atomic mass is 35.5. The van der Waals surface area contributed by atoms with Crippen LogP contribution >= 0.6 is 11.6 Å². The molecule has 110 valence electrons. The molecule has 2 rings (SSSR count). The Balaban J connectivity index is 2.04. The molecule has 2 heterocycles. The van der Waals surface area contributed by atoms with Crippen molar-refractivity contribution < 1.29 is 4.42 Å². The van der Waals surface area contributed by atoms with Gasteiger partial charge in [0.15, 0.2) is 0 Å². The van der Waals surface area contributed by atoms with E-state index in [0.29, 0.717) is 6.54 Å². The second-order valence-corrected chi connectivity index (χ2v) is 6.55. The summed E-state index contributed by atoms with van der Waals surface area (Å²) in [6, 6.07) is 2.06. The Morgan fingerprint density at radius 1 is 1.35 bits per heavy atom. The van der Waals surface area contributed by atoms with Crippen molar-refractivity contribution in [3.05, 3.63) is 40.1 Å². The number of hydrogen-bond acceptors (Lipinski definition) is 3. The second kappa shape index (κ2) is 5.62. The highest BCUT2D eigenvalue weighted by molar-refractivity contribution is 6.31. The van der Waals surface area contributed by atoms with E-state index in [1.807, 2.05) is 18.5 Å². The monoisotopic (exact) mass is 295 g/mol. The molecule has 4 nitrogen and oxygen atoms in total. The van der Waals surface area contributed by atoms with E-state index in [1.54, 1.807) is 6.26 Å². The van der Waals surface area contributed by atoms with Gasteiger partial charge in [-0.25, -0.2) is 0 Å². The maximum absolute atomic E-state index is 6.15. The number of aryl methyl sites for hydroxylation is 1. The summed E-state index contributed by atoms with van der Waals surface area (Å²) in [4.78, 5) is 0. The van der Waals surface area contributed by atoms with Gasteiger partial charge in [-0.15, -0.1) is 0 Å². The molecule has 5 heteroatoms. The lowest BCUT2D eigenvalue weighted by Gasteiger charge is -2.19. The molecule has 0 aliphatic carbocycles. The van der Waals surface area contributed by atoms with E-state index < -0.39 is 0 Å². The second-order valence-electron chi connectivity index (χ2n) is 6.17. The number of furan rings is 1. The Hall–Kier alpha value is -1.26. The number of nitrogens with one attached hydrogen (secondary N) is 1. The van der Waals surface area contributed by atoms with Gasteiger partial charge >= 0.3 is 0 Å². The van der Waals surface area contributed by atoms with Crippen LogP contribution in [0.1, 0.15) is 43.5 Å². The molecule has 0 spiro atoms. The maximum atomic E-state index is 6.15. The van der Waals surface area contributed by atoms with E-state index in [-0.39, 0.29) is 5.54 Å². The molecule has 2 aromatic rings. The normalized spacial score (nSPS) is 12.1. The van der Waals surface area contributed by atoms with Gasteiger partial charge in [0.2, 0.25) is 0 Å². The van der Waals surface area contributed by atoms with Crippen LogP contribution in [-0.2, 0) is 13.1 Å². The number of aromatic nitrogens is 2. The van der Waals surface area contributed by atoms with Crippen LogP contribution in [-0.4, -0.2) is 15.3 Å². The number of rotatable bonds is 4. The highest BCUT2D eigenvalue weighted by Gasteiger charge is 2.12. The predicted molar refractivity (Wildman–Crippen MR) is 81.1 cm³/mol. The third-order valence-electron chi connectivity index (χ3n) is 3.13. The van der Waals surface area contributed by atoms with Gasteiger partial charge in [0.1, 0.15) is 5.76 Å². The summed E-state index contributed by atoms with van der Waals surface area (Å²) in [7, 11) is 0. The largest absolute Gasteiger partial charge is 0.467 e. The van der Waals surface area contributed by atoms with Crippen LogP contribution in [0.4, 0.5) is 0 Å². The first-order chi connectivity index (χ1) is 9.26. The third kappa shape index (κ3) is 3.64. The molecule has 20 heavy (non-hydrogen) atoms. The first-order valence-corrected chi connectivity index (χ1v) is 7.15. The zero-order valence-corrected chi connectivity index (χ0v) is 13.5. The fraction of sp³-hybridized carbons (Fsp3) is 0.533. The van der Waals surface area contributed by atoms with Gasteiger partial charge in [-0.05, 0) is 40.7 Å². The van der Waals surface area contributed by atoms with Crippen molar-refractivity contribution in [1.82, 2.24) is 15.1 Å². The Bertz CT molecular complexity index is 593. The van der Waals surface area contributed by atoms with Gasteiger partial charge in [0, 0.05) is 17.6 Å². The molecule has 0 saturated heterocycles. The van der Waals surface area contributed by atoms with E-state index in [2.05, 4.69) is 37.3 Å². The lowest BCUT2D eigenvalue weighted by molar-refractivity contribution is 0.422. The summed E-state index contributed by atoms with van der Waals surface area (Å²) >= 11 is 6.15. The molecule has 0 fully saturated rings. The first-order valence-electron chi connectivity index (χ1n) is 6.77. The van der Waals surface area contributed by atoms with Gasteiger partial charge in [-0.1, -0.05) is 11.6 Å². The van der Waals surface area contributed by atoms with Crippen molar-refractivity contribution in [3.8, 4) is 0 Å². The van der Waals surface area contributed by atoms with Crippen molar-refractivity contribution in [2.45, 2.75) is 53.2 Å². The third-order valence-corrected chi connectivity index (χ3v) is 3.68. The minimum atomic E-state index is 0.0979. The van der Waals surface area contributed by atoms with Gasteiger partial charge < -0.3 is 9.73 Å². The topological polar surface area (TPSA) is 43.0 Å². The average Bonchev–Trinajstić information content (AvgIpc) is 2.88. The molecular formula is C15H22ClN3O. The molecule has 2 aromatic heterocycles. The van der Waals surface area contributed by atoms with Gasteiger partial charge in [0.25, 0.3) is 0 Å². The van der Waals surface area contributed by atoms with Crippen molar-refractivity contribution >= 4 is 11.6 Å². The summed E-state index contributed by atoms with van der Waals surface area (Å²) in [5.74, 6) is 0.887. The molecule has 1 N–H and O–H groups in total. The minimum absolute atomic E-state index is 0.0979. The molecule has 0 radical (unpaired) electrons. The first kappa shape index (κ1) is 15.1. The number of hydrogen-bond donors (Lipinski definition) is 1. The van der Waals surface area contributed by atoms with E-state index in [4.69, 9.17) is 16.0 Å². The van der Waals surface area contributed by atoms with E-state index in [1.165, 1.54) is 0 Å². The van der Waals surface area contributed by atoms with E-state index >= 15 is 0 Å². The molecule has 0 unspecified atom stereocenters. The van der Waals surface area contributed by atoms with Crippen LogP contribution in [0.5, 0.6) is 0 Å². The fourth-order valence-electron chi connectivity index (χ4n) is 1.95. The van der Waals surface area contributed by atoms with Crippen LogP contribution in [0.3, 0.4) is 0 Å².